The van der Waals surface area contributed by atoms with Gasteiger partial charge in [-0.1, -0.05) is 30.3 Å². The van der Waals surface area contributed by atoms with E-state index in [9.17, 15) is 4.79 Å². The van der Waals surface area contributed by atoms with Gasteiger partial charge in [0.2, 0.25) is 0 Å². The first-order chi connectivity index (χ1) is 15.2. The minimum atomic E-state index is 0.0762. The lowest BCUT2D eigenvalue weighted by Gasteiger charge is -2.18. The number of amides is 1. The van der Waals surface area contributed by atoms with Crippen LogP contribution in [0.2, 0.25) is 0 Å². The van der Waals surface area contributed by atoms with Gasteiger partial charge in [-0.2, -0.15) is 0 Å². The molecular weight excluding hydrogens is 386 g/mol. The van der Waals surface area contributed by atoms with E-state index in [1.807, 2.05) is 49.1 Å². The summed E-state index contributed by atoms with van der Waals surface area (Å²) in [5.41, 5.74) is 4.26. The SMILES string of the molecule is CCNC(=NCc1ccc(C(=O)N(CC)CC)cc1)NCCc1c[nH]c2ccccc12. The zero-order valence-electron chi connectivity index (χ0n) is 18.7. The van der Waals surface area contributed by atoms with Crippen LogP contribution in [0.1, 0.15) is 42.3 Å². The summed E-state index contributed by atoms with van der Waals surface area (Å²) in [5, 5.41) is 7.99. The van der Waals surface area contributed by atoms with E-state index in [0.29, 0.717) is 6.54 Å². The number of aromatic amines is 1. The van der Waals surface area contributed by atoms with Crippen LogP contribution in [0.15, 0.2) is 59.7 Å². The largest absolute Gasteiger partial charge is 0.361 e. The van der Waals surface area contributed by atoms with Crippen molar-refractivity contribution in [3.8, 4) is 0 Å². The Morgan fingerprint density at radius 3 is 2.45 bits per heavy atom. The van der Waals surface area contributed by atoms with Crippen molar-refractivity contribution in [2.75, 3.05) is 26.2 Å². The highest BCUT2D eigenvalue weighted by atomic mass is 16.2. The van der Waals surface area contributed by atoms with Gasteiger partial charge < -0.3 is 20.5 Å². The van der Waals surface area contributed by atoms with Crippen LogP contribution in [-0.2, 0) is 13.0 Å². The number of aliphatic imine (C=N–C) groups is 1. The summed E-state index contributed by atoms with van der Waals surface area (Å²) < 4.78 is 0. The fraction of sp³-hybridized carbons (Fsp3) is 0.360. The number of carbonyl (C=O) groups is 1. The zero-order valence-corrected chi connectivity index (χ0v) is 18.7. The van der Waals surface area contributed by atoms with E-state index >= 15 is 0 Å². The predicted molar refractivity (Wildman–Crippen MR) is 129 cm³/mol. The number of nitrogens with zero attached hydrogens (tertiary/aromatic N) is 2. The summed E-state index contributed by atoms with van der Waals surface area (Å²) in [5.74, 6) is 0.873. The molecule has 0 spiro atoms. The molecule has 164 valence electrons. The normalized spacial score (nSPS) is 11.5. The fourth-order valence-electron chi connectivity index (χ4n) is 3.61. The lowest BCUT2D eigenvalue weighted by Crippen LogP contribution is -2.38. The molecule has 0 fully saturated rings. The Kier molecular flexibility index (Phi) is 8.10. The summed E-state index contributed by atoms with van der Waals surface area (Å²) in [6.07, 6.45) is 2.99. The number of aromatic nitrogens is 1. The second kappa shape index (κ2) is 11.2. The van der Waals surface area contributed by atoms with Gasteiger partial charge in [0.15, 0.2) is 5.96 Å². The highest BCUT2D eigenvalue weighted by Crippen LogP contribution is 2.17. The molecule has 0 aliphatic carbocycles. The van der Waals surface area contributed by atoms with Crippen molar-refractivity contribution < 1.29 is 4.79 Å². The first-order valence-corrected chi connectivity index (χ1v) is 11.1. The molecule has 6 heteroatoms. The standard InChI is InChI=1S/C25H33N5O/c1-4-26-25(27-16-15-21-18-28-23-10-8-7-9-22(21)23)29-17-19-11-13-20(14-12-19)24(31)30(5-2)6-3/h7-14,18,28H,4-6,15-17H2,1-3H3,(H2,26,27,29). The maximum atomic E-state index is 12.4. The molecule has 6 nitrogen and oxygen atoms in total. The van der Waals surface area contributed by atoms with Gasteiger partial charge in [-0.15, -0.1) is 0 Å². The molecule has 2 aromatic carbocycles. The van der Waals surface area contributed by atoms with Crippen molar-refractivity contribution in [3.63, 3.8) is 0 Å². The van der Waals surface area contributed by atoms with E-state index in [-0.39, 0.29) is 5.91 Å². The van der Waals surface area contributed by atoms with Crippen LogP contribution in [0, 0.1) is 0 Å². The lowest BCUT2D eigenvalue weighted by atomic mass is 10.1. The number of H-pyrrole nitrogens is 1. The van der Waals surface area contributed by atoms with Crippen LogP contribution >= 0.6 is 0 Å². The molecule has 0 radical (unpaired) electrons. The second-order valence-electron chi connectivity index (χ2n) is 7.41. The molecule has 1 heterocycles. The summed E-state index contributed by atoms with van der Waals surface area (Å²) in [7, 11) is 0. The number of benzene rings is 2. The Morgan fingerprint density at radius 2 is 1.74 bits per heavy atom. The van der Waals surface area contributed by atoms with Crippen molar-refractivity contribution in [2.45, 2.75) is 33.7 Å². The van der Waals surface area contributed by atoms with Gasteiger partial charge >= 0.3 is 0 Å². The molecule has 3 rings (SSSR count). The third-order valence-corrected chi connectivity index (χ3v) is 5.38. The number of carbonyl (C=O) groups excluding carboxylic acids is 1. The van der Waals surface area contributed by atoms with Crippen LogP contribution in [0.4, 0.5) is 0 Å². The monoisotopic (exact) mass is 419 g/mol. The van der Waals surface area contributed by atoms with E-state index in [0.717, 1.165) is 49.7 Å². The average Bonchev–Trinajstić information content (AvgIpc) is 3.21. The summed E-state index contributed by atoms with van der Waals surface area (Å²) in [4.78, 5) is 22.3. The van der Waals surface area contributed by atoms with Crippen molar-refractivity contribution in [3.05, 3.63) is 71.4 Å². The lowest BCUT2D eigenvalue weighted by molar-refractivity contribution is 0.0773. The van der Waals surface area contributed by atoms with Gasteiger partial charge in [-0.05, 0) is 56.5 Å². The quantitative estimate of drug-likeness (QED) is 0.363. The third-order valence-electron chi connectivity index (χ3n) is 5.38. The molecule has 0 bridgehead atoms. The number of guanidine groups is 1. The smallest absolute Gasteiger partial charge is 0.253 e. The number of nitrogens with one attached hydrogen (secondary N) is 3. The molecule has 1 aromatic heterocycles. The number of hydrogen-bond acceptors (Lipinski definition) is 2. The summed E-state index contributed by atoms with van der Waals surface area (Å²) >= 11 is 0. The molecule has 3 aromatic rings. The van der Waals surface area contributed by atoms with E-state index in [1.54, 1.807) is 0 Å². The Morgan fingerprint density at radius 1 is 1.00 bits per heavy atom. The van der Waals surface area contributed by atoms with Crippen LogP contribution in [-0.4, -0.2) is 47.9 Å². The maximum absolute atomic E-state index is 12.4. The number of rotatable bonds is 9. The zero-order chi connectivity index (χ0) is 22.1. The van der Waals surface area contributed by atoms with Crippen LogP contribution in [0.5, 0.6) is 0 Å². The van der Waals surface area contributed by atoms with E-state index in [2.05, 4.69) is 46.9 Å². The Hall–Kier alpha value is -3.28. The van der Waals surface area contributed by atoms with Gasteiger partial charge in [0, 0.05) is 48.8 Å². The maximum Gasteiger partial charge on any atom is 0.253 e. The molecule has 0 aliphatic heterocycles. The number of para-hydroxylation sites is 1. The van der Waals surface area contributed by atoms with Crippen molar-refractivity contribution in [2.24, 2.45) is 4.99 Å². The van der Waals surface area contributed by atoms with Crippen LogP contribution < -0.4 is 10.6 Å². The molecular formula is C25H33N5O. The van der Waals surface area contributed by atoms with Crippen LogP contribution in [0.25, 0.3) is 10.9 Å². The minimum absolute atomic E-state index is 0.0762. The minimum Gasteiger partial charge on any atom is -0.361 e. The molecule has 0 unspecified atom stereocenters. The third kappa shape index (κ3) is 5.87. The van der Waals surface area contributed by atoms with Gasteiger partial charge in [0.05, 0.1) is 6.54 Å². The van der Waals surface area contributed by atoms with Crippen molar-refractivity contribution in [1.29, 1.82) is 0 Å². The molecule has 0 saturated carbocycles. The predicted octanol–water partition coefficient (Wildman–Crippen LogP) is 3.95. The fourth-order valence-corrected chi connectivity index (χ4v) is 3.61. The highest BCUT2D eigenvalue weighted by Gasteiger charge is 2.11. The molecule has 0 aliphatic rings. The van der Waals surface area contributed by atoms with Gasteiger partial charge in [0.1, 0.15) is 0 Å². The Balaban J connectivity index is 1.57. The summed E-state index contributed by atoms with van der Waals surface area (Å²) in [6, 6.07) is 16.1. The van der Waals surface area contributed by atoms with Gasteiger partial charge in [0.25, 0.3) is 5.91 Å². The van der Waals surface area contributed by atoms with Crippen molar-refractivity contribution >= 4 is 22.8 Å². The van der Waals surface area contributed by atoms with Crippen molar-refractivity contribution in [1.82, 2.24) is 20.5 Å². The first-order valence-electron chi connectivity index (χ1n) is 11.1. The van der Waals surface area contributed by atoms with E-state index in [4.69, 9.17) is 4.99 Å². The molecule has 0 saturated heterocycles. The summed E-state index contributed by atoms with van der Waals surface area (Å²) in [6.45, 7) is 9.65. The van der Waals surface area contributed by atoms with Gasteiger partial charge in [-0.25, -0.2) is 4.99 Å². The number of fused-ring (bicyclic) bond motifs is 1. The highest BCUT2D eigenvalue weighted by molar-refractivity contribution is 5.94. The van der Waals surface area contributed by atoms with Crippen LogP contribution in [0.3, 0.4) is 0 Å². The Labute approximate surface area is 184 Å². The van der Waals surface area contributed by atoms with E-state index < -0.39 is 0 Å². The first kappa shape index (κ1) is 22.4. The molecule has 1 amide bonds. The second-order valence-corrected chi connectivity index (χ2v) is 7.41. The number of hydrogen-bond donors (Lipinski definition) is 3. The molecule has 0 atom stereocenters. The average molecular weight is 420 g/mol. The molecule has 3 N–H and O–H groups in total. The Bertz CT molecular complexity index is 1000. The topological polar surface area (TPSA) is 72.5 Å². The molecule has 31 heavy (non-hydrogen) atoms. The van der Waals surface area contributed by atoms with E-state index in [1.165, 1.54) is 16.5 Å². The van der Waals surface area contributed by atoms with Gasteiger partial charge in [-0.3, -0.25) is 4.79 Å².